The molecular formula is C24H36N2O3. The van der Waals surface area contributed by atoms with Gasteiger partial charge in [0.05, 0.1) is 12.0 Å². The van der Waals surface area contributed by atoms with E-state index in [1.165, 1.54) is 32.4 Å². The number of ether oxygens (including phenoxy) is 2. The van der Waals surface area contributed by atoms with Crippen LogP contribution in [0, 0.1) is 0 Å². The van der Waals surface area contributed by atoms with Gasteiger partial charge in [-0.2, -0.15) is 0 Å². The molecule has 1 aromatic rings. The van der Waals surface area contributed by atoms with Crippen molar-refractivity contribution < 1.29 is 14.3 Å². The fourth-order valence-electron chi connectivity index (χ4n) is 5.10. The molecule has 0 unspecified atom stereocenters. The number of benzene rings is 1. The standard InChI is InChI=1S/C24H36N2O3/c27-23(26-16-2-1-3-17-26)24(11-19-28-20-12-24)21-7-9-22(10-8-21)29-18-6-15-25-13-4-5-14-25/h7-10H,1-6,11-20H2. The van der Waals surface area contributed by atoms with Crippen molar-refractivity contribution in [3.63, 3.8) is 0 Å². The molecule has 0 aliphatic carbocycles. The number of rotatable bonds is 7. The molecule has 0 bridgehead atoms. The second kappa shape index (κ2) is 9.94. The lowest BCUT2D eigenvalue weighted by Crippen LogP contribution is -2.51. The zero-order valence-corrected chi connectivity index (χ0v) is 17.7. The van der Waals surface area contributed by atoms with E-state index < -0.39 is 5.41 Å². The highest BCUT2D eigenvalue weighted by Crippen LogP contribution is 2.38. The fraction of sp³-hybridized carbons (Fsp3) is 0.708. The molecule has 0 atom stereocenters. The topological polar surface area (TPSA) is 42.0 Å². The first-order valence-corrected chi connectivity index (χ1v) is 11.6. The van der Waals surface area contributed by atoms with Crippen molar-refractivity contribution in [2.24, 2.45) is 0 Å². The van der Waals surface area contributed by atoms with Crippen molar-refractivity contribution in [2.45, 2.75) is 56.8 Å². The SMILES string of the molecule is O=C(N1CCCCC1)C1(c2ccc(OCCCN3CCCC3)cc2)CCOCC1. The minimum Gasteiger partial charge on any atom is -0.494 e. The van der Waals surface area contributed by atoms with Gasteiger partial charge >= 0.3 is 0 Å². The van der Waals surface area contributed by atoms with Gasteiger partial charge in [0.1, 0.15) is 5.75 Å². The molecule has 1 aromatic carbocycles. The van der Waals surface area contributed by atoms with Gasteiger partial charge in [-0.3, -0.25) is 4.79 Å². The quantitative estimate of drug-likeness (QED) is 0.656. The Morgan fingerprint density at radius 1 is 0.931 bits per heavy atom. The van der Waals surface area contributed by atoms with Crippen molar-refractivity contribution in [1.29, 1.82) is 0 Å². The van der Waals surface area contributed by atoms with Crippen molar-refractivity contribution in [3.8, 4) is 5.75 Å². The first kappa shape index (κ1) is 20.7. The van der Waals surface area contributed by atoms with Crippen LogP contribution in [0.1, 0.15) is 56.9 Å². The van der Waals surface area contributed by atoms with E-state index in [4.69, 9.17) is 9.47 Å². The zero-order chi connectivity index (χ0) is 19.9. The molecule has 4 rings (SSSR count). The Hall–Kier alpha value is -1.59. The van der Waals surface area contributed by atoms with Crippen LogP contribution >= 0.6 is 0 Å². The van der Waals surface area contributed by atoms with Crippen LogP contribution in [-0.2, 0) is 14.9 Å². The molecule has 0 aromatic heterocycles. The number of piperidine rings is 1. The lowest BCUT2D eigenvalue weighted by atomic mass is 9.72. The molecule has 0 radical (unpaired) electrons. The summed E-state index contributed by atoms with van der Waals surface area (Å²) in [5.41, 5.74) is 0.699. The summed E-state index contributed by atoms with van der Waals surface area (Å²) in [5, 5.41) is 0. The number of carbonyl (C=O) groups is 1. The molecule has 0 saturated carbocycles. The highest BCUT2D eigenvalue weighted by molar-refractivity contribution is 5.88. The molecule has 3 aliphatic heterocycles. The lowest BCUT2D eigenvalue weighted by molar-refractivity contribution is -0.142. The second-order valence-electron chi connectivity index (χ2n) is 8.82. The Labute approximate surface area is 175 Å². The largest absolute Gasteiger partial charge is 0.494 e. The Morgan fingerprint density at radius 2 is 1.59 bits per heavy atom. The van der Waals surface area contributed by atoms with Crippen molar-refractivity contribution in [2.75, 3.05) is 52.5 Å². The number of likely N-dealkylation sites (tertiary alicyclic amines) is 2. The van der Waals surface area contributed by atoms with Gasteiger partial charge in [0.2, 0.25) is 5.91 Å². The summed E-state index contributed by atoms with van der Waals surface area (Å²) in [4.78, 5) is 18.1. The van der Waals surface area contributed by atoms with E-state index in [1.807, 2.05) is 12.1 Å². The Bertz CT molecular complexity index is 643. The van der Waals surface area contributed by atoms with E-state index >= 15 is 0 Å². The van der Waals surface area contributed by atoms with Crippen molar-refractivity contribution in [3.05, 3.63) is 29.8 Å². The maximum atomic E-state index is 13.5. The first-order chi connectivity index (χ1) is 14.3. The average Bonchev–Trinajstić information content (AvgIpc) is 3.31. The minimum atomic E-state index is -0.427. The Balaban J connectivity index is 1.38. The maximum absolute atomic E-state index is 13.5. The molecule has 160 valence electrons. The first-order valence-electron chi connectivity index (χ1n) is 11.6. The summed E-state index contributed by atoms with van der Waals surface area (Å²) in [5.74, 6) is 1.21. The van der Waals surface area contributed by atoms with Crippen LogP contribution in [0.2, 0.25) is 0 Å². The number of amides is 1. The molecule has 3 heterocycles. The Kier molecular flexibility index (Phi) is 7.09. The molecule has 0 N–H and O–H groups in total. The van der Waals surface area contributed by atoms with E-state index in [-0.39, 0.29) is 0 Å². The molecule has 3 aliphatic rings. The summed E-state index contributed by atoms with van der Waals surface area (Å²) >= 11 is 0. The van der Waals surface area contributed by atoms with Gasteiger partial charge in [0, 0.05) is 32.8 Å². The highest BCUT2D eigenvalue weighted by atomic mass is 16.5. The number of carbonyl (C=O) groups excluding carboxylic acids is 1. The maximum Gasteiger partial charge on any atom is 0.233 e. The monoisotopic (exact) mass is 400 g/mol. The van der Waals surface area contributed by atoms with Gasteiger partial charge in [0.25, 0.3) is 0 Å². The van der Waals surface area contributed by atoms with E-state index in [2.05, 4.69) is 21.9 Å². The zero-order valence-electron chi connectivity index (χ0n) is 17.7. The third-order valence-corrected chi connectivity index (χ3v) is 6.89. The number of hydrogen-bond donors (Lipinski definition) is 0. The predicted octanol–water partition coefficient (Wildman–Crippen LogP) is 3.61. The number of nitrogens with zero attached hydrogens (tertiary/aromatic N) is 2. The van der Waals surface area contributed by atoms with Crippen LogP contribution in [0.5, 0.6) is 5.75 Å². The van der Waals surface area contributed by atoms with Crippen LogP contribution in [0.25, 0.3) is 0 Å². The van der Waals surface area contributed by atoms with Gasteiger partial charge < -0.3 is 19.3 Å². The summed E-state index contributed by atoms with van der Waals surface area (Å²) in [6.07, 6.45) is 8.79. The normalized spacial score (nSPS) is 22.6. The average molecular weight is 401 g/mol. The lowest BCUT2D eigenvalue weighted by Gasteiger charge is -2.41. The third kappa shape index (κ3) is 4.95. The van der Waals surface area contributed by atoms with Crippen LogP contribution in [0.15, 0.2) is 24.3 Å². The molecule has 5 heteroatoms. The van der Waals surface area contributed by atoms with Gasteiger partial charge in [-0.25, -0.2) is 0 Å². The summed E-state index contributed by atoms with van der Waals surface area (Å²) < 4.78 is 11.6. The van der Waals surface area contributed by atoms with Crippen LogP contribution in [0.4, 0.5) is 0 Å². The molecule has 3 saturated heterocycles. The summed E-state index contributed by atoms with van der Waals surface area (Å²) in [6.45, 7) is 7.49. The van der Waals surface area contributed by atoms with Crippen molar-refractivity contribution >= 4 is 5.91 Å². The number of hydrogen-bond acceptors (Lipinski definition) is 4. The van der Waals surface area contributed by atoms with Crippen molar-refractivity contribution in [1.82, 2.24) is 9.80 Å². The summed E-state index contributed by atoms with van der Waals surface area (Å²) in [7, 11) is 0. The van der Waals surface area contributed by atoms with E-state index in [0.717, 1.165) is 69.7 Å². The molecular weight excluding hydrogens is 364 g/mol. The van der Waals surface area contributed by atoms with E-state index in [9.17, 15) is 4.79 Å². The third-order valence-electron chi connectivity index (χ3n) is 6.89. The van der Waals surface area contributed by atoms with Gasteiger partial charge in [-0.15, -0.1) is 0 Å². The van der Waals surface area contributed by atoms with E-state index in [0.29, 0.717) is 19.1 Å². The van der Waals surface area contributed by atoms with Crippen LogP contribution < -0.4 is 4.74 Å². The molecule has 1 amide bonds. The van der Waals surface area contributed by atoms with Gasteiger partial charge in [0.15, 0.2) is 0 Å². The predicted molar refractivity (Wildman–Crippen MR) is 114 cm³/mol. The minimum absolute atomic E-state index is 0.305. The smallest absolute Gasteiger partial charge is 0.233 e. The van der Waals surface area contributed by atoms with E-state index in [1.54, 1.807) is 0 Å². The highest BCUT2D eigenvalue weighted by Gasteiger charge is 2.44. The molecule has 3 fully saturated rings. The molecule has 0 spiro atoms. The molecule has 29 heavy (non-hydrogen) atoms. The van der Waals surface area contributed by atoms with Crippen LogP contribution in [0.3, 0.4) is 0 Å². The van der Waals surface area contributed by atoms with Gasteiger partial charge in [-0.1, -0.05) is 12.1 Å². The summed E-state index contributed by atoms with van der Waals surface area (Å²) in [6, 6.07) is 8.32. The van der Waals surface area contributed by atoms with Gasteiger partial charge in [-0.05, 0) is 82.2 Å². The Morgan fingerprint density at radius 3 is 2.28 bits per heavy atom. The second-order valence-corrected chi connectivity index (χ2v) is 8.82. The molecule has 5 nitrogen and oxygen atoms in total. The van der Waals surface area contributed by atoms with Crippen LogP contribution in [-0.4, -0.2) is 68.3 Å². The fourth-order valence-corrected chi connectivity index (χ4v) is 5.10.